The van der Waals surface area contributed by atoms with E-state index in [0.717, 1.165) is 22.2 Å². The number of benzene rings is 1. The number of alkyl halides is 1. The summed E-state index contributed by atoms with van der Waals surface area (Å²) in [5.41, 5.74) is 0.985. The van der Waals surface area contributed by atoms with Gasteiger partial charge in [0.05, 0.1) is 25.2 Å². The second kappa shape index (κ2) is 9.75. The molecule has 0 bridgehead atoms. The van der Waals surface area contributed by atoms with Gasteiger partial charge in [0.25, 0.3) is 0 Å². The van der Waals surface area contributed by atoms with Crippen LogP contribution in [0.15, 0.2) is 22.7 Å². The van der Waals surface area contributed by atoms with Gasteiger partial charge in [-0.2, -0.15) is 0 Å². The molecule has 3 atom stereocenters. The van der Waals surface area contributed by atoms with Gasteiger partial charge in [-0.3, -0.25) is 4.79 Å². The molecule has 0 N–H and O–H groups in total. The number of rotatable bonds is 8. The van der Waals surface area contributed by atoms with Crippen molar-refractivity contribution >= 4 is 37.8 Å². The van der Waals surface area contributed by atoms with Crippen LogP contribution in [0, 0.1) is 0 Å². The first kappa shape index (κ1) is 19.7. The topological polar surface area (TPSA) is 54.0 Å². The average molecular weight is 466 g/mol. The Morgan fingerprint density at radius 2 is 2.12 bits per heavy atom. The normalized spacial score (nSPS) is 23.2. The number of ether oxygens (including phenoxy) is 4. The highest BCUT2D eigenvalue weighted by Gasteiger charge is 2.37. The molecule has 0 amide bonds. The molecule has 0 aliphatic carbocycles. The molecular formula is C17H22Br2O5. The maximum Gasteiger partial charge on any atom is 0.305 e. The third-order valence-corrected chi connectivity index (χ3v) is 5.02. The predicted octanol–water partition coefficient (Wildman–Crippen LogP) is 4.37. The monoisotopic (exact) mass is 464 g/mol. The van der Waals surface area contributed by atoms with Gasteiger partial charge in [-0.25, -0.2) is 0 Å². The van der Waals surface area contributed by atoms with Crippen LogP contribution in [0.5, 0.6) is 5.75 Å². The number of hydrogen-bond acceptors (Lipinski definition) is 5. The van der Waals surface area contributed by atoms with Gasteiger partial charge in [-0.1, -0.05) is 31.9 Å². The fraction of sp³-hybridized carbons (Fsp3) is 0.588. The highest BCUT2D eigenvalue weighted by atomic mass is 79.9. The summed E-state index contributed by atoms with van der Waals surface area (Å²) < 4.78 is 23.2. The summed E-state index contributed by atoms with van der Waals surface area (Å²) in [5.74, 6) is 0.594. The predicted molar refractivity (Wildman–Crippen MR) is 97.5 cm³/mol. The van der Waals surface area contributed by atoms with E-state index in [0.29, 0.717) is 24.8 Å². The summed E-state index contributed by atoms with van der Waals surface area (Å²) in [6.45, 7) is 2.22. The van der Waals surface area contributed by atoms with Crippen molar-refractivity contribution in [2.45, 2.75) is 44.7 Å². The third kappa shape index (κ3) is 5.18. The van der Waals surface area contributed by atoms with Crippen molar-refractivity contribution in [2.24, 2.45) is 0 Å². The highest BCUT2D eigenvalue weighted by Crippen LogP contribution is 2.40. The molecule has 0 spiro atoms. The zero-order valence-electron chi connectivity index (χ0n) is 13.8. The van der Waals surface area contributed by atoms with E-state index < -0.39 is 0 Å². The molecule has 7 heteroatoms. The standard InChI is InChI=1S/C17H22Br2O5/c1-3-22-15(20)6-4-5-14-17(24-16(10-18)23-14)12-9-11(21-2)7-8-13(12)19/h7-9,14,16-17H,3-6,10H2,1-2H3/t14-,16?,17-/m0/s1. The Kier molecular flexibility index (Phi) is 8.00. The van der Waals surface area contributed by atoms with E-state index >= 15 is 0 Å². The molecule has 24 heavy (non-hydrogen) atoms. The summed E-state index contributed by atoms with van der Waals surface area (Å²) >= 11 is 6.98. The molecular weight excluding hydrogens is 444 g/mol. The highest BCUT2D eigenvalue weighted by molar-refractivity contribution is 9.10. The fourth-order valence-electron chi connectivity index (χ4n) is 2.66. The number of hydrogen-bond donors (Lipinski definition) is 0. The van der Waals surface area contributed by atoms with Crippen molar-refractivity contribution in [2.75, 3.05) is 19.0 Å². The summed E-state index contributed by atoms with van der Waals surface area (Å²) in [6.07, 6.45) is 1.17. The van der Waals surface area contributed by atoms with Crippen LogP contribution in [0.3, 0.4) is 0 Å². The van der Waals surface area contributed by atoms with Gasteiger partial charge < -0.3 is 18.9 Å². The van der Waals surface area contributed by atoms with Crippen molar-refractivity contribution in [3.8, 4) is 5.75 Å². The molecule has 1 aromatic rings. The summed E-state index contributed by atoms with van der Waals surface area (Å²) in [4.78, 5) is 11.5. The van der Waals surface area contributed by atoms with E-state index in [1.807, 2.05) is 25.1 Å². The first-order valence-electron chi connectivity index (χ1n) is 7.95. The molecule has 1 saturated heterocycles. The lowest BCUT2D eigenvalue weighted by atomic mass is 10.00. The quantitative estimate of drug-likeness (QED) is 0.421. The van der Waals surface area contributed by atoms with E-state index in [1.54, 1.807) is 7.11 Å². The SMILES string of the molecule is CCOC(=O)CCC[C@@H]1OC(CBr)O[C@H]1c1cc(OC)ccc1Br. The molecule has 1 aromatic carbocycles. The van der Waals surface area contributed by atoms with E-state index in [-0.39, 0.29) is 24.5 Å². The van der Waals surface area contributed by atoms with Gasteiger partial charge >= 0.3 is 5.97 Å². The first-order valence-corrected chi connectivity index (χ1v) is 9.86. The molecule has 5 nitrogen and oxygen atoms in total. The maximum atomic E-state index is 11.5. The Hall–Kier alpha value is -0.630. The van der Waals surface area contributed by atoms with Gasteiger partial charge in [-0.15, -0.1) is 0 Å². The minimum atomic E-state index is -0.305. The Morgan fingerprint density at radius 3 is 2.79 bits per heavy atom. The number of carbonyl (C=O) groups is 1. The minimum Gasteiger partial charge on any atom is -0.497 e. The molecule has 1 unspecified atom stereocenters. The minimum absolute atomic E-state index is 0.120. The van der Waals surface area contributed by atoms with Crippen molar-refractivity contribution in [3.63, 3.8) is 0 Å². The lowest BCUT2D eigenvalue weighted by molar-refractivity contribution is -0.143. The molecule has 0 aromatic heterocycles. The Labute approximate surface area is 159 Å². The summed E-state index contributed by atoms with van der Waals surface area (Å²) in [5, 5.41) is 0.597. The van der Waals surface area contributed by atoms with E-state index in [1.165, 1.54) is 0 Å². The number of halogens is 2. The van der Waals surface area contributed by atoms with E-state index in [2.05, 4.69) is 31.9 Å². The van der Waals surface area contributed by atoms with Gasteiger partial charge in [0.2, 0.25) is 0 Å². The van der Waals surface area contributed by atoms with Crippen molar-refractivity contribution in [1.29, 1.82) is 0 Å². The van der Waals surface area contributed by atoms with E-state index in [4.69, 9.17) is 18.9 Å². The van der Waals surface area contributed by atoms with Crippen LogP contribution >= 0.6 is 31.9 Å². The molecule has 1 heterocycles. The molecule has 0 saturated carbocycles. The van der Waals surface area contributed by atoms with E-state index in [9.17, 15) is 4.79 Å². The molecule has 1 fully saturated rings. The van der Waals surface area contributed by atoms with Crippen LogP contribution in [0.1, 0.15) is 37.9 Å². The Bertz CT molecular complexity index is 552. The lowest BCUT2D eigenvalue weighted by Crippen LogP contribution is -2.17. The molecule has 2 rings (SSSR count). The van der Waals surface area contributed by atoms with Crippen molar-refractivity contribution in [1.82, 2.24) is 0 Å². The molecule has 134 valence electrons. The number of esters is 1. The zero-order chi connectivity index (χ0) is 17.5. The summed E-state index contributed by atoms with van der Waals surface area (Å²) in [7, 11) is 1.64. The van der Waals surface area contributed by atoms with Crippen LogP contribution in [-0.4, -0.2) is 37.4 Å². The smallest absolute Gasteiger partial charge is 0.305 e. The summed E-state index contributed by atoms with van der Waals surface area (Å²) in [6, 6.07) is 5.78. The third-order valence-electron chi connectivity index (χ3n) is 3.77. The van der Waals surface area contributed by atoms with Crippen LogP contribution in [-0.2, 0) is 19.0 Å². The average Bonchev–Trinajstić information content (AvgIpc) is 2.99. The Morgan fingerprint density at radius 1 is 1.33 bits per heavy atom. The van der Waals surface area contributed by atoms with Crippen molar-refractivity contribution < 1.29 is 23.7 Å². The van der Waals surface area contributed by atoms with Crippen LogP contribution < -0.4 is 4.74 Å². The molecule has 1 aliphatic rings. The van der Waals surface area contributed by atoms with Gasteiger partial charge in [0.1, 0.15) is 11.9 Å². The van der Waals surface area contributed by atoms with Crippen LogP contribution in [0.25, 0.3) is 0 Å². The van der Waals surface area contributed by atoms with Gasteiger partial charge in [0, 0.05) is 16.5 Å². The van der Waals surface area contributed by atoms with Gasteiger partial charge in [-0.05, 0) is 38.0 Å². The largest absolute Gasteiger partial charge is 0.497 e. The second-order valence-electron chi connectivity index (χ2n) is 5.40. The number of methoxy groups -OCH3 is 1. The lowest BCUT2D eigenvalue weighted by Gasteiger charge is -2.19. The second-order valence-corrected chi connectivity index (χ2v) is 6.90. The number of carbonyl (C=O) groups excluding carboxylic acids is 1. The van der Waals surface area contributed by atoms with Crippen LogP contribution in [0.2, 0.25) is 0 Å². The first-order chi connectivity index (χ1) is 11.6. The van der Waals surface area contributed by atoms with Crippen molar-refractivity contribution in [3.05, 3.63) is 28.2 Å². The van der Waals surface area contributed by atoms with Gasteiger partial charge in [0.15, 0.2) is 6.29 Å². The Balaban J connectivity index is 2.06. The molecule has 0 radical (unpaired) electrons. The maximum absolute atomic E-state index is 11.5. The molecule has 1 aliphatic heterocycles. The zero-order valence-corrected chi connectivity index (χ0v) is 17.0. The van der Waals surface area contributed by atoms with Crippen LogP contribution in [0.4, 0.5) is 0 Å². The fourth-order valence-corrected chi connectivity index (χ4v) is 3.44.